The van der Waals surface area contributed by atoms with Gasteiger partial charge in [0.15, 0.2) is 0 Å². The highest BCUT2D eigenvalue weighted by atomic mass is 14.8. The van der Waals surface area contributed by atoms with Crippen LogP contribution in [0.2, 0.25) is 0 Å². The summed E-state index contributed by atoms with van der Waals surface area (Å²) in [7, 11) is 0. The van der Waals surface area contributed by atoms with Gasteiger partial charge in [0, 0.05) is 23.0 Å². The number of nitrogen functional groups attached to an aromatic ring is 1. The van der Waals surface area contributed by atoms with Crippen LogP contribution >= 0.6 is 0 Å². The van der Waals surface area contributed by atoms with Crippen molar-refractivity contribution >= 4 is 5.69 Å². The molecule has 3 rings (SSSR count). The number of nitrogens with zero attached hydrogens (tertiary/aromatic N) is 2. The molecule has 1 aliphatic rings. The maximum Gasteiger partial charge on any atom is 0.115 e. The molecule has 1 aliphatic carbocycles. The first-order valence-electron chi connectivity index (χ1n) is 5.85. The van der Waals surface area contributed by atoms with Gasteiger partial charge in [-0.3, -0.25) is 0 Å². The van der Waals surface area contributed by atoms with E-state index in [4.69, 9.17) is 5.73 Å². The summed E-state index contributed by atoms with van der Waals surface area (Å²) in [5.74, 6) is 0.752. The fourth-order valence-corrected chi connectivity index (χ4v) is 1.53. The standard InChI is InChI=1S/C8H10N2.C6H7N/c1-6-4-8(7-2-3-7)10-5-9-6;7-6-4-2-1-3-5-6/h4-5,7H,2-3H2,1H3;1-5H,7H2. The fourth-order valence-electron chi connectivity index (χ4n) is 1.53. The number of aryl methyl sites for hydroxylation is 1. The molecule has 1 fully saturated rings. The molecule has 3 heteroatoms. The second kappa shape index (κ2) is 5.43. The van der Waals surface area contributed by atoms with Crippen LogP contribution in [0.1, 0.15) is 30.1 Å². The molecule has 0 unspecified atom stereocenters. The molecule has 88 valence electrons. The van der Waals surface area contributed by atoms with E-state index >= 15 is 0 Å². The van der Waals surface area contributed by atoms with E-state index in [0.717, 1.165) is 17.3 Å². The summed E-state index contributed by atoms with van der Waals surface area (Å²) in [5.41, 5.74) is 8.49. The lowest BCUT2D eigenvalue weighted by atomic mass is 10.2. The predicted octanol–water partition coefficient (Wildman–Crippen LogP) is 2.93. The zero-order valence-electron chi connectivity index (χ0n) is 10.0. The number of aromatic nitrogens is 2. The van der Waals surface area contributed by atoms with Crippen LogP contribution in [0.15, 0.2) is 42.7 Å². The quantitative estimate of drug-likeness (QED) is 0.762. The molecular formula is C14H17N3. The van der Waals surface area contributed by atoms with Crippen LogP contribution in [0.3, 0.4) is 0 Å². The number of benzene rings is 1. The molecule has 17 heavy (non-hydrogen) atoms. The van der Waals surface area contributed by atoms with Crippen molar-refractivity contribution in [1.82, 2.24) is 9.97 Å². The third-order valence-electron chi connectivity index (χ3n) is 2.62. The molecule has 1 aromatic carbocycles. The van der Waals surface area contributed by atoms with Crippen molar-refractivity contribution in [1.29, 1.82) is 0 Å². The Morgan fingerprint density at radius 1 is 1.12 bits per heavy atom. The predicted molar refractivity (Wildman–Crippen MR) is 69.6 cm³/mol. The van der Waals surface area contributed by atoms with Gasteiger partial charge in [-0.1, -0.05) is 18.2 Å². The summed E-state index contributed by atoms with van der Waals surface area (Å²) in [4.78, 5) is 8.23. The van der Waals surface area contributed by atoms with E-state index in [-0.39, 0.29) is 0 Å². The van der Waals surface area contributed by atoms with Gasteiger partial charge < -0.3 is 5.73 Å². The molecule has 3 nitrogen and oxygen atoms in total. The molecule has 1 saturated carbocycles. The van der Waals surface area contributed by atoms with Crippen molar-refractivity contribution in [3.8, 4) is 0 Å². The van der Waals surface area contributed by atoms with Gasteiger partial charge >= 0.3 is 0 Å². The highest BCUT2D eigenvalue weighted by molar-refractivity contribution is 5.35. The van der Waals surface area contributed by atoms with E-state index in [9.17, 15) is 0 Å². The monoisotopic (exact) mass is 227 g/mol. The van der Waals surface area contributed by atoms with Crippen LogP contribution in [0.25, 0.3) is 0 Å². The van der Waals surface area contributed by atoms with Crippen molar-refractivity contribution in [2.75, 3.05) is 5.73 Å². The zero-order valence-corrected chi connectivity index (χ0v) is 10.0. The van der Waals surface area contributed by atoms with Gasteiger partial charge in [-0.2, -0.15) is 0 Å². The Hall–Kier alpha value is -1.90. The van der Waals surface area contributed by atoms with Crippen molar-refractivity contribution in [3.63, 3.8) is 0 Å². The maximum atomic E-state index is 5.36. The van der Waals surface area contributed by atoms with Crippen LogP contribution in [0.4, 0.5) is 5.69 Å². The van der Waals surface area contributed by atoms with E-state index in [1.54, 1.807) is 6.33 Å². The number of anilines is 1. The summed E-state index contributed by atoms with van der Waals surface area (Å²) in [6, 6.07) is 11.6. The van der Waals surface area contributed by atoms with Crippen molar-refractivity contribution in [3.05, 3.63) is 54.1 Å². The molecule has 0 spiro atoms. The van der Waals surface area contributed by atoms with Crippen molar-refractivity contribution < 1.29 is 0 Å². The SMILES string of the molecule is Cc1cc(C2CC2)ncn1.Nc1ccccc1. The first kappa shape index (κ1) is 11.6. The Bertz CT molecular complexity index is 464. The average molecular weight is 227 g/mol. The number of hydrogen-bond acceptors (Lipinski definition) is 3. The van der Waals surface area contributed by atoms with Crippen LogP contribution in [-0.4, -0.2) is 9.97 Å². The molecular weight excluding hydrogens is 210 g/mol. The number of nitrogens with two attached hydrogens (primary N) is 1. The molecule has 2 aromatic rings. The van der Waals surface area contributed by atoms with Crippen LogP contribution in [0, 0.1) is 6.92 Å². The van der Waals surface area contributed by atoms with Gasteiger partial charge in [0.2, 0.25) is 0 Å². The van der Waals surface area contributed by atoms with Gasteiger partial charge in [-0.05, 0) is 38.0 Å². The largest absolute Gasteiger partial charge is 0.399 e. The van der Waals surface area contributed by atoms with Crippen LogP contribution in [-0.2, 0) is 0 Å². The van der Waals surface area contributed by atoms with E-state index in [2.05, 4.69) is 16.0 Å². The lowest BCUT2D eigenvalue weighted by molar-refractivity contribution is 0.965. The van der Waals surface area contributed by atoms with Crippen molar-refractivity contribution in [2.24, 2.45) is 0 Å². The van der Waals surface area contributed by atoms with E-state index < -0.39 is 0 Å². The summed E-state index contributed by atoms with van der Waals surface area (Å²) in [5, 5.41) is 0. The van der Waals surface area contributed by atoms with Crippen LogP contribution in [0.5, 0.6) is 0 Å². The van der Waals surface area contributed by atoms with Gasteiger partial charge in [-0.25, -0.2) is 9.97 Å². The van der Waals surface area contributed by atoms with Gasteiger partial charge in [-0.15, -0.1) is 0 Å². The first-order chi connectivity index (χ1) is 8.25. The topological polar surface area (TPSA) is 51.8 Å². The molecule has 0 aliphatic heterocycles. The summed E-state index contributed by atoms with van der Waals surface area (Å²) in [6.07, 6.45) is 4.29. The number of rotatable bonds is 1. The molecule has 1 aromatic heterocycles. The van der Waals surface area contributed by atoms with Crippen molar-refractivity contribution in [2.45, 2.75) is 25.7 Å². The number of para-hydroxylation sites is 1. The summed E-state index contributed by atoms with van der Waals surface area (Å²) < 4.78 is 0. The van der Waals surface area contributed by atoms with Gasteiger partial charge in [0.25, 0.3) is 0 Å². The smallest absolute Gasteiger partial charge is 0.115 e. The maximum absolute atomic E-state index is 5.36. The van der Waals surface area contributed by atoms with E-state index in [0.29, 0.717) is 0 Å². The van der Waals surface area contributed by atoms with Gasteiger partial charge in [0.1, 0.15) is 6.33 Å². The third-order valence-corrected chi connectivity index (χ3v) is 2.62. The molecule has 2 N–H and O–H groups in total. The second-order valence-electron chi connectivity index (χ2n) is 4.27. The summed E-state index contributed by atoms with van der Waals surface area (Å²) >= 11 is 0. The molecule has 0 atom stereocenters. The molecule has 1 heterocycles. The Balaban J connectivity index is 0.000000136. The molecule has 0 bridgehead atoms. The fraction of sp³-hybridized carbons (Fsp3) is 0.286. The summed E-state index contributed by atoms with van der Waals surface area (Å²) in [6.45, 7) is 2.01. The molecule has 0 radical (unpaired) electrons. The minimum atomic E-state index is 0.752. The highest BCUT2D eigenvalue weighted by Gasteiger charge is 2.24. The van der Waals surface area contributed by atoms with Crippen LogP contribution < -0.4 is 5.73 Å². The Labute approximate surface area is 102 Å². The third kappa shape index (κ3) is 3.87. The van der Waals surface area contributed by atoms with E-state index in [1.165, 1.54) is 18.5 Å². The normalized spacial score (nSPS) is 13.7. The zero-order chi connectivity index (χ0) is 12.1. The molecule has 0 amide bonds. The minimum absolute atomic E-state index is 0.752. The highest BCUT2D eigenvalue weighted by Crippen LogP contribution is 2.38. The lowest BCUT2D eigenvalue weighted by Gasteiger charge is -1.95. The first-order valence-corrected chi connectivity index (χ1v) is 5.85. The number of hydrogen-bond donors (Lipinski definition) is 1. The minimum Gasteiger partial charge on any atom is -0.399 e. The lowest BCUT2D eigenvalue weighted by Crippen LogP contribution is -1.89. The average Bonchev–Trinajstić information content (AvgIpc) is 3.15. The van der Waals surface area contributed by atoms with Gasteiger partial charge in [0.05, 0.1) is 0 Å². The second-order valence-corrected chi connectivity index (χ2v) is 4.27. The van der Waals surface area contributed by atoms with E-state index in [1.807, 2.05) is 37.3 Å². The molecule has 0 saturated heterocycles. The Morgan fingerprint density at radius 2 is 1.82 bits per heavy atom. The Morgan fingerprint density at radius 3 is 2.29 bits per heavy atom. The Kier molecular flexibility index (Phi) is 3.70.